The summed E-state index contributed by atoms with van der Waals surface area (Å²) < 4.78 is 16.0. The summed E-state index contributed by atoms with van der Waals surface area (Å²) in [5, 5.41) is 6.76. The number of hydrogen-bond donors (Lipinski definition) is 2. The third kappa shape index (κ3) is 4.79. The summed E-state index contributed by atoms with van der Waals surface area (Å²) in [6.45, 7) is 2.44. The zero-order chi connectivity index (χ0) is 16.5. The maximum atomic E-state index is 5.36. The van der Waals surface area contributed by atoms with E-state index < -0.39 is 0 Å². The monoisotopic (exact) mass is 316 g/mol. The molecule has 0 radical (unpaired) electrons. The Morgan fingerprint density at radius 3 is 2.04 bits per heavy atom. The second-order valence-electron chi connectivity index (χ2n) is 5.00. The predicted molar refractivity (Wildman–Crippen MR) is 92.7 cm³/mol. The van der Waals surface area contributed by atoms with Crippen LogP contribution in [-0.4, -0.2) is 34.4 Å². The normalized spacial score (nSPS) is 10.2. The maximum absolute atomic E-state index is 5.36. The molecule has 0 aliphatic rings. The molecule has 0 aliphatic carbocycles. The van der Waals surface area contributed by atoms with E-state index >= 15 is 0 Å². The van der Waals surface area contributed by atoms with Crippen molar-refractivity contribution >= 4 is 5.69 Å². The van der Waals surface area contributed by atoms with Gasteiger partial charge in [-0.2, -0.15) is 0 Å². The molecule has 2 rings (SSSR count). The summed E-state index contributed by atoms with van der Waals surface area (Å²) in [5.41, 5.74) is 2.21. The molecule has 0 saturated carbocycles. The molecular formula is C18H24N2O3. The van der Waals surface area contributed by atoms with Gasteiger partial charge in [0, 0.05) is 25.3 Å². The Kier molecular flexibility index (Phi) is 6.56. The highest BCUT2D eigenvalue weighted by molar-refractivity contribution is 5.53. The lowest BCUT2D eigenvalue weighted by Crippen LogP contribution is -2.21. The van der Waals surface area contributed by atoms with Crippen LogP contribution in [0.4, 0.5) is 5.69 Å². The minimum Gasteiger partial charge on any atom is -0.493 e. The lowest BCUT2D eigenvalue weighted by molar-refractivity contribution is 0.323. The number of methoxy groups -OCH3 is 3. The first-order valence-corrected chi connectivity index (χ1v) is 7.57. The molecule has 0 fully saturated rings. The molecule has 0 unspecified atom stereocenters. The summed E-state index contributed by atoms with van der Waals surface area (Å²) in [6.07, 6.45) is 0. The number of anilines is 1. The van der Waals surface area contributed by atoms with Crippen LogP contribution >= 0.6 is 0 Å². The van der Waals surface area contributed by atoms with Crippen LogP contribution in [0, 0.1) is 0 Å². The molecule has 0 atom stereocenters. The average Bonchev–Trinajstić information content (AvgIpc) is 2.61. The van der Waals surface area contributed by atoms with Crippen LogP contribution in [0.1, 0.15) is 5.56 Å². The van der Waals surface area contributed by atoms with E-state index in [0.717, 1.165) is 30.9 Å². The zero-order valence-corrected chi connectivity index (χ0v) is 13.9. The van der Waals surface area contributed by atoms with Crippen molar-refractivity contribution < 1.29 is 14.2 Å². The Morgan fingerprint density at radius 2 is 1.48 bits per heavy atom. The molecule has 2 aromatic rings. The molecule has 5 nitrogen and oxygen atoms in total. The summed E-state index contributed by atoms with van der Waals surface area (Å²) in [5.74, 6) is 1.96. The first-order chi connectivity index (χ1) is 11.3. The van der Waals surface area contributed by atoms with Gasteiger partial charge < -0.3 is 24.8 Å². The van der Waals surface area contributed by atoms with Crippen LogP contribution in [0.2, 0.25) is 0 Å². The van der Waals surface area contributed by atoms with E-state index in [1.54, 1.807) is 21.3 Å². The van der Waals surface area contributed by atoms with E-state index in [4.69, 9.17) is 14.2 Å². The summed E-state index contributed by atoms with van der Waals surface area (Å²) in [4.78, 5) is 0. The van der Waals surface area contributed by atoms with E-state index in [2.05, 4.69) is 22.8 Å². The van der Waals surface area contributed by atoms with Crippen molar-refractivity contribution in [2.45, 2.75) is 6.54 Å². The number of ether oxygens (including phenoxy) is 3. The molecule has 0 saturated heterocycles. The molecule has 0 spiro atoms. The van der Waals surface area contributed by atoms with Crippen molar-refractivity contribution in [1.82, 2.24) is 5.32 Å². The minimum absolute atomic E-state index is 0.615. The number of benzene rings is 2. The SMILES string of the molecule is COc1cc(CNCCNc2ccccc2)cc(OC)c1OC. The van der Waals surface area contributed by atoms with Gasteiger partial charge in [0.2, 0.25) is 5.75 Å². The molecule has 0 heterocycles. The van der Waals surface area contributed by atoms with Crippen molar-refractivity contribution in [3.8, 4) is 17.2 Å². The van der Waals surface area contributed by atoms with Crippen molar-refractivity contribution in [3.63, 3.8) is 0 Å². The van der Waals surface area contributed by atoms with Gasteiger partial charge in [0.15, 0.2) is 11.5 Å². The number of hydrogen-bond acceptors (Lipinski definition) is 5. The smallest absolute Gasteiger partial charge is 0.203 e. The van der Waals surface area contributed by atoms with E-state index in [-0.39, 0.29) is 0 Å². The summed E-state index contributed by atoms with van der Waals surface area (Å²) >= 11 is 0. The van der Waals surface area contributed by atoms with Crippen LogP contribution < -0.4 is 24.8 Å². The highest BCUT2D eigenvalue weighted by Gasteiger charge is 2.12. The average molecular weight is 316 g/mol. The molecule has 23 heavy (non-hydrogen) atoms. The van der Waals surface area contributed by atoms with Crippen molar-refractivity contribution in [2.24, 2.45) is 0 Å². The fourth-order valence-electron chi connectivity index (χ4n) is 2.32. The molecule has 0 amide bonds. The van der Waals surface area contributed by atoms with Gasteiger partial charge in [-0.25, -0.2) is 0 Å². The summed E-state index contributed by atoms with van der Waals surface area (Å²) in [7, 11) is 4.85. The van der Waals surface area contributed by atoms with Crippen LogP contribution in [0.25, 0.3) is 0 Å². The van der Waals surface area contributed by atoms with Gasteiger partial charge in [-0.15, -0.1) is 0 Å². The standard InChI is InChI=1S/C18H24N2O3/c1-21-16-11-14(12-17(22-2)18(16)23-3)13-19-9-10-20-15-7-5-4-6-8-15/h4-8,11-12,19-20H,9-10,13H2,1-3H3. The minimum atomic E-state index is 0.615. The zero-order valence-electron chi connectivity index (χ0n) is 13.9. The highest BCUT2D eigenvalue weighted by atomic mass is 16.5. The van der Waals surface area contributed by atoms with E-state index in [1.807, 2.05) is 30.3 Å². The maximum Gasteiger partial charge on any atom is 0.203 e. The molecule has 124 valence electrons. The van der Waals surface area contributed by atoms with E-state index in [1.165, 1.54) is 0 Å². The van der Waals surface area contributed by atoms with E-state index in [0.29, 0.717) is 17.2 Å². The van der Waals surface area contributed by atoms with Crippen LogP contribution in [0.3, 0.4) is 0 Å². The summed E-state index contributed by atoms with van der Waals surface area (Å²) in [6, 6.07) is 14.1. The van der Waals surface area contributed by atoms with Gasteiger partial charge in [-0.05, 0) is 29.8 Å². The van der Waals surface area contributed by atoms with Crippen LogP contribution in [0.15, 0.2) is 42.5 Å². The van der Waals surface area contributed by atoms with Gasteiger partial charge in [-0.1, -0.05) is 18.2 Å². The largest absolute Gasteiger partial charge is 0.493 e. The Balaban J connectivity index is 1.85. The molecule has 2 N–H and O–H groups in total. The first-order valence-electron chi connectivity index (χ1n) is 7.57. The van der Waals surface area contributed by atoms with Crippen molar-refractivity contribution in [1.29, 1.82) is 0 Å². The third-order valence-corrected chi connectivity index (χ3v) is 3.46. The van der Waals surface area contributed by atoms with Gasteiger partial charge in [-0.3, -0.25) is 0 Å². The van der Waals surface area contributed by atoms with Gasteiger partial charge in [0.25, 0.3) is 0 Å². The van der Waals surface area contributed by atoms with E-state index in [9.17, 15) is 0 Å². The van der Waals surface area contributed by atoms with Gasteiger partial charge in [0.05, 0.1) is 21.3 Å². The molecular weight excluding hydrogens is 292 g/mol. The first kappa shape index (κ1) is 17.0. The Hall–Kier alpha value is -2.40. The second-order valence-corrected chi connectivity index (χ2v) is 5.00. The third-order valence-electron chi connectivity index (χ3n) is 3.46. The van der Waals surface area contributed by atoms with Crippen molar-refractivity contribution in [3.05, 3.63) is 48.0 Å². The molecule has 0 bridgehead atoms. The molecule has 2 aromatic carbocycles. The topological polar surface area (TPSA) is 51.8 Å². The van der Waals surface area contributed by atoms with Gasteiger partial charge in [0.1, 0.15) is 0 Å². The molecule has 0 aromatic heterocycles. The lowest BCUT2D eigenvalue weighted by atomic mass is 10.1. The Bertz CT molecular complexity index is 577. The van der Waals surface area contributed by atoms with Crippen LogP contribution in [0.5, 0.6) is 17.2 Å². The molecule has 5 heteroatoms. The quantitative estimate of drug-likeness (QED) is 0.697. The van der Waals surface area contributed by atoms with Crippen LogP contribution in [-0.2, 0) is 6.54 Å². The fraction of sp³-hybridized carbons (Fsp3) is 0.333. The highest BCUT2D eigenvalue weighted by Crippen LogP contribution is 2.38. The Labute approximate surface area is 137 Å². The molecule has 0 aliphatic heterocycles. The number of nitrogens with one attached hydrogen (secondary N) is 2. The van der Waals surface area contributed by atoms with Crippen molar-refractivity contribution in [2.75, 3.05) is 39.7 Å². The Morgan fingerprint density at radius 1 is 0.826 bits per heavy atom. The predicted octanol–water partition coefficient (Wildman–Crippen LogP) is 2.91. The number of para-hydroxylation sites is 1. The fourth-order valence-corrected chi connectivity index (χ4v) is 2.32. The van der Waals surface area contributed by atoms with Gasteiger partial charge >= 0.3 is 0 Å². The lowest BCUT2D eigenvalue weighted by Gasteiger charge is -2.14. The number of rotatable bonds is 9. The second kappa shape index (κ2) is 8.90.